The van der Waals surface area contributed by atoms with E-state index in [1.165, 1.54) is 27.8 Å². The van der Waals surface area contributed by atoms with Gasteiger partial charge in [-0.2, -0.15) is 0 Å². The van der Waals surface area contributed by atoms with Gasteiger partial charge in [-0.1, -0.05) is 19.8 Å². The van der Waals surface area contributed by atoms with E-state index in [0.29, 0.717) is 28.7 Å². The second-order valence-electron chi connectivity index (χ2n) is 6.86. The molecule has 0 unspecified atom stereocenters. The first kappa shape index (κ1) is 20.9. The second kappa shape index (κ2) is 10.0. The predicted octanol–water partition coefficient (Wildman–Crippen LogP) is 2.53. The molecule has 1 saturated carbocycles. The van der Waals surface area contributed by atoms with Crippen molar-refractivity contribution in [2.75, 3.05) is 27.9 Å². The van der Waals surface area contributed by atoms with E-state index < -0.39 is 0 Å². The van der Waals surface area contributed by atoms with Crippen molar-refractivity contribution in [1.29, 1.82) is 0 Å². The minimum Gasteiger partial charge on any atom is -0.493 e. The van der Waals surface area contributed by atoms with E-state index in [2.05, 4.69) is 17.6 Å². The lowest BCUT2D eigenvalue weighted by Gasteiger charge is -2.29. The van der Waals surface area contributed by atoms with Crippen molar-refractivity contribution in [1.82, 2.24) is 10.6 Å². The summed E-state index contributed by atoms with van der Waals surface area (Å²) in [6.07, 6.45) is 4.83. The van der Waals surface area contributed by atoms with E-state index in [1.807, 2.05) is 0 Å². The van der Waals surface area contributed by atoms with E-state index in [0.717, 1.165) is 19.3 Å². The van der Waals surface area contributed by atoms with Crippen molar-refractivity contribution in [3.8, 4) is 17.2 Å². The molecule has 0 heterocycles. The topological polar surface area (TPSA) is 85.9 Å². The number of benzene rings is 1. The molecule has 2 N–H and O–H groups in total. The molecule has 2 rings (SSSR count). The lowest BCUT2D eigenvalue weighted by Crippen LogP contribution is -2.42. The number of hydrogen-bond donors (Lipinski definition) is 2. The van der Waals surface area contributed by atoms with Crippen LogP contribution in [0, 0.1) is 5.92 Å². The van der Waals surface area contributed by atoms with Crippen LogP contribution >= 0.6 is 0 Å². The maximum atomic E-state index is 12.4. The van der Waals surface area contributed by atoms with Gasteiger partial charge < -0.3 is 24.8 Å². The molecule has 2 amide bonds. The fraction of sp³-hybridized carbons (Fsp3) is 0.600. The third kappa shape index (κ3) is 5.52. The third-order valence-corrected chi connectivity index (χ3v) is 5.02. The van der Waals surface area contributed by atoms with Crippen LogP contribution in [0.5, 0.6) is 17.2 Å². The molecule has 0 aromatic heterocycles. The molecule has 0 aliphatic heterocycles. The van der Waals surface area contributed by atoms with Gasteiger partial charge in [-0.3, -0.25) is 9.59 Å². The highest BCUT2D eigenvalue weighted by atomic mass is 16.5. The maximum Gasteiger partial charge on any atom is 0.251 e. The number of hydrogen-bond acceptors (Lipinski definition) is 5. The molecule has 7 nitrogen and oxygen atoms in total. The van der Waals surface area contributed by atoms with Crippen LogP contribution in [-0.2, 0) is 4.79 Å². The fourth-order valence-electron chi connectivity index (χ4n) is 3.41. The van der Waals surface area contributed by atoms with E-state index in [4.69, 9.17) is 14.2 Å². The summed E-state index contributed by atoms with van der Waals surface area (Å²) in [6, 6.07) is 3.41. The number of rotatable bonds is 8. The standard InChI is InChI=1S/C20H30N2O5/c1-13-7-5-6-8-15(13)22-18(23)9-10-21-20(24)14-11-16(25-2)19(27-4)17(12-14)26-3/h11-13,15H,5-10H2,1-4H3,(H,21,24)(H,22,23)/t13-,15+/m1/s1. The van der Waals surface area contributed by atoms with Gasteiger partial charge in [0.25, 0.3) is 5.91 Å². The van der Waals surface area contributed by atoms with E-state index >= 15 is 0 Å². The number of carbonyl (C=O) groups excluding carboxylic acids is 2. The van der Waals surface area contributed by atoms with Gasteiger partial charge in [0.1, 0.15) is 0 Å². The Kier molecular flexibility index (Phi) is 7.76. The molecule has 1 fully saturated rings. The monoisotopic (exact) mass is 378 g/mol. The Balaban J connectivity index is 1.89. The third-order valence-electron chi connectivity index (χ3n) is 5.02. The van der Waals surface area contributed by atoms with Crippen molar-refractivity contribution in [3.05, 3.63) is 17.7 Å². The first-order chi connectivity index (χ1) is 13.0. The van der Waals surface area contributed by atoms with Gasteiger partial charge in [-0.05, 0) is 30.9 Å². The summed E-state index contributed by atoms with van der Waals surface area (Å²) in [5, 5.41) is 5.85. The zero-order valence-electron chi connectivity index (χ0n) is 16.6. The summed E-state index contributed by atoms with van der Waals surface area (Å²) in [7, 11) is 4.50. The van der Waals surface area contributed by atoms with E-state index in [1.54, 1.807) is 12.1 Å². The summed E-state index contributed by atoms with van der Waals surface area (Å²) in [6.45, 7) is 2.44. The first-order valence-corrected chi connectivity index (χ1v) is 9.37. The lowest BCUT2D eigenvalue weighted by atomic mass is 9.86. The number of nitrogens with one attached hydrogen (secondary N) is 2. The van der Waals surface area contributed by atoms with E-state index in [9.17, 15) is 9.59 Å². The molecule has 1 aliphatic rings. The molecule has 0 saturated heterocycles. The van der Waals surface area contributed by atoms with Gasteiger partial charge in [0.15, 0.2) is 11.5 Å². The molecular formula is C20H30N2O5. The SMILES string of the molecule is COc1cc(C(=O)NCCC(=O)N[C@H]2CCCC[C@H]2C)cc(OC)c1OC. The summed E-state index contributed by atoms with van der Waals surface area (Å²) in [4.78, 5) is 24.5. The van der Waals surface area contributed by atoms with Crippen LogP contribution in [0.1, 0.15) is 49.4 Å². The van der Waals surface area contributed by atoms with Gasteiger partial charge >= 0.3 is 0 Å². The van der Waals surface area contributed by atoms with Gasteiger partial charge in [0, 0.05) is 24.6 Å². The quantitative estimate of drug-likeness (QED) is 0.726. The van der Waals surface area contributed by atoms with Crippen molar-refractivity contribution < 1.29 is 23.8 Å². The molecule has 1 aromatic rings. The Bertz CT molecular complexity index is 637. The Labute approximate surface area is 160 Å². The number of ether oxygens (including phenoxy) is 3. The van der Waals surface area contributed by atoms with Crippen LogP contribution in [0.2, 0.25) is 0 Å². The minimum absolute atomic E-state index is 0.0288. The minimum atomic E-state index is -0.298. The zero-order valence-corrected chi connectivity index (χ0v) is 16.6. The molecule has 1 aromatic carbocycles. The van der Waals surface area contributed by atoms with Crippen molar-refractivity contribution >= 4 is 11.8 Å². The largest absolute Gasteiger partial charge is 0.493 e. The van der Waals surface area contributed by atoms with Crippen molar-refractivity contribution in [3.63, 3.8) is 0 Å². The summed E-state index contributed by atoms with van der Waals surface area (Å²) < 4.78 is 15.8. The van der Waals surface area contributed by atoms with Gasteiger partial charge in [-0.15, -0.1) is 0 Å². The highest BCUT2D eigenvalue weighted by Gasteiger charge is 2.22. The van der Waals surface area contributed by atoms with Crippen molar-refractivity contribution in [2.45, 2.75) is 45.1 Å². The Morgan fingerprint density at radius 1 is 1.04 bits per heavy atom. The van der Waals surface area contributed by atoms with Crippen LogP contribution in [-0.4, -0.2) is 45.7 Å². The molecule has 0 spiro atoms. The fourth-order valence-corrected chi connectivity index (χ4v) is 3.41. The smallest absolute Gasteiger partial charge is 0.251 e. The summed E-state index contributed by atoms with van der Waals surface area (Å²) >= 11 is 0. The Hall–Kier alpha value is -2.44. The molecule has 0 radical (unpaired) electrons. The van der Waals surface area contributed by atoms with E-state index in [-0.39, 0.29) is 30.8 Å². The molecule has 1 aliphatic carbocycles. The molecule has 2 atom stereocenters. The zero-order chi connectivity index (χ0) is 19.8. The first-order valence-electron chi connectivity index (χ1n) is 9.37. The second-order valence-corrected chi connectivity index (χ2v) is 6.86. The Morgan fingerprint density at radius 2 is 1.67 bits per heavy atom. The van der Waals surface area contributed by atoms with Crippen LogP contribution in [0.3, 0.4) is 0 Å². The van der Waals surface area contributed by atoms with Gasteiger partial charge in [-0.25, -0.2) is 0 Å². The number of methoxy groups -OCH3 is 3. The maximum absolute atomic E-state index is 12.4. The molecule has 7 heteroatoms. The normalized spacial score (nSPS) is 19.1. The van der Waals surface area contributed by atoms with Crippen LogP contribution < -0.4 is 24.8 Å². The average Bonchev–Trinajstić information content (AvgIpc) is 2.68. The highest BCUT2D eigenvalue weighted by molar-refractivity contribution is 5.95. The molecule has 150 valence electrons. The van der Waals surface area contributed by atoms with Crippen LogP contribution in [0.25, 0.3) is 0 Å². The van der Waals surface area contributed by atoms with Crippen molar-refractivity contribution in [2.24, 2.45) is 5.92 Å². The molecular weight excluding hydrogens is 348 g/mol. The Morgan fingerprint density at radius 3 is 2.22 bits per heavy atom. The highest BCUT2D eigenvalue weighted by Crippen LogP contribution is 2.38. The average molecular weight is 378 g/mol. The lowest BCUT2D eigenvalue weighted by molar-refractivity contribution is -0.122. The van der Waals surface area contributed by atoms with Gasteiger partial charge in [0.2, 0.25) is 11.7 Å². The number of carbonyl (C=O) groups is 2. The summed E-state index contributed by atoms with van der Waals surface area (Å²) in [5.74, 6) is 1.43. The van der Waals surface area contributed by atoms with Crippen LogP contribution in [0.15, 0.2) is 12.1 Å². The van der Waals surface area contributed by atoms with Crippen LogP contribution in [0.4, 0.5) is 0 Å². The summed E-state index contributed by atoms with van der Waals surface area (Å²) in [5.41, 5.74) is 0.380. The van der Waals surface area contributed by atoms with Gasteiger partial charge in [0.05, 0.1) is 21.3 Å². The predicted molar refractivity (Wildman–Crippen MR) is 103 cm³/mol. The molecule has 27 heavy (non-hydrogen) atoms. The number of amides is 2. The molecule has 0 bridgehead atoms.